The number of H-pyrrole nitrogens is 1. The van der Waals surface area contributed by atoms with Crippen molar-refractivity contribution in [3.05, 3.63) is 36.2 Å². The average Bonchev–Trinajstić information content (AvgIpc) is 2.84. The highest BCUT2D eigenvalue weighted by Gasteiger charge is 2.09. The van der Waals surface area contributed by atoms with Crippen molar-refractivity contribution >= 4 is 22.7 Å². The van der Waals surface area contributed by atoms with Crippen molar-refractivity contribution in [2.24, 2.45) is 10.2 Å². The van der Waals surface area contributed by atoms with Gasteiger partial charge in [-0.15, -0.1) is 0 Å². The van der Waals surface area contributed by atoms with Crippen LogP contribution in [0.2, 0.25) is 0 Å². The Morgan fingerprint density at radius 1 is 1.30 bits per heavy atom. The first-order valence-electron chi connectivity index (χ1n) is 6.19. The molecule has 2 aromatic heterocycles. The van der Waals surface area contributed by atoms with Gasteiger partial charge in [-0.05, 0) is 30.2 Å². The number of aryl methyl sites for hydroxylation is 1. The zero-order chi connectivity index (χ0) is 14.1. The van der Waals surface area contributed by atoms with E-state index in [2.05, 4.69) is 31.2 Å². The van der Waals surface area contributed by atoms with Crippen LogP contribution < -0.4 is 5.73 Å². The zero-order valence-electron chi connectivity index (χ0n) is 11.3. The van der Waals surface area contributed by atoms with Crippen LogP contribution in [-0.4, -0.2) is 22.0 Å². The average molecular weight is 266 g/mol. The largest absolute Gasteiger partial charge is 0.368 e. The fourth-order valence-electron chi connectivity index (χ4n) is 2.20. The second-order valence-corrected chi connectivity index (χ2v) is 4.49. The van der Waals surface area contributed by atoms with Crippen molar-refractivity contribution in [1.82, 2.24) is 15.0 Å². The molecule has 0 aliphatic rings. The summed E-state index contributed by atoms with van der Waals surface area (Å²) in [7, 11) is 1.66. The predicted octanol–water partition coefficient (Wildman–Crippen LogP) is 3.23. The van der Waals surface area contributed by atoms with E-state index in [1.807, 2.05) is 25.3 Å². The number of azo groups is 1. The van der Waals surface area contributed by atoms with Gasteiger partial charge in [0.2, 0.25) is 5.95 Å². The van der Waals surface area contributed by atoms with Crippen LogP contribution in [0.5, 0.6) is 0 Å². The summed E-state index contributed by atoms with van der Waals surface area (Å²) in [5.74, 6) is 0.265. The number of benzene rings is 1. The SMILES string of the molecule is CN=Nc1ccc(-c2c[nH]c3nc(N)ncc23)cc1C. The Bertz CT molecular complexity index is 803. The van der Waals surface area contributed by atoms with Crippen LogP contribution in [0.3, 0.4) is 0 Å². The number of aromatic amines is 1. The molecule has 100 valence electrons. The second kappa shape index (κ2) is 4.73. The molecule has 6 heteroatoms. The number of nitrogens with two attached hydrogens (primary N) is 1. The van der Waals surface area contributed by atoms with E-state index in [0.717, 1.165) is 33.4 Å². The molecule has 0 saturated heterocycles. The predicted molar refractivity (Wildman–Crippen MR) is 78.9 cm³/mol. The fraction of sp³-hybridized carbons (Fsp3) is 0.143. The third-order valence-corrected chi connectivity index (χ3v) is 3.17. The number of rotatable bonds is 2. The molecule has 20 heavy (non-hydrogen) atoms. The Morgan fingerprint density at radius 3 is 2.90 bits per heavy atom. The Morgan fingerprint density at radius 2 is 2.15 bits per heavy atom. The smallest absolute Gasteiger partial charge is 0.221 e. The molecular formula is C14H14N6. The Balaban J connectivity index is 2.13. The van der Waals surface area contributed by atoms with E-state index in [1.165, 1.54) is 0 Å². The number of aromatic nitrogens is 3. The van der Waals surface area contributed by atoms with Crippen LogP contribution in [0.15, 0.2) is 40.8 Å². The molecule has 0 unspecified atom stereocenters. The van der Waals surface area contributed by atoms with Gasteiger partial charge < -0.3 is 10.7 Å². The van der Waals surface area contributed by atoms with E-state index >= 15 is 0 Å². The number of fused-ring (bicyclic) bond motifs is 1. The third kappa shape index (κ3) is 2.01. The molecule has 0 saturated carbocycles. The van der Waals surface area contributed by atoms with Crippen molar-refractivity contribution in [3.8, 4) is 11.1 Å². The summed E-state index contributed by atoms with van der Waals surface area (Å²) in [6, 6.07) is 6.04. The molecule has 0 atom stereocenters. The third-order valence-electron chi connectivity index (χ3n) is 3.17. The summed E-state index contributed by atoms with van der Waals surface area (Å²) in [6.07, 6.45) is 3.65. The first-order chi connectivity index (χ1) is 9.69. The minimum Gasteiger partial charge on any atom is -0.368 e. The number of anilines is 1. The minimum absolute atomic E-state index is 0.265. The van der Waals surface area contributed by atoms with Gasteiger partial charge in [-0.25, -0.2) is 4.98 Å². The van der Waals surface area contributed by atoms with Crippen molar-refractivity contribution in [2.45, 2.75) is 6.92 Å². The van der Waals surface area contributed by atoms with Crippen LogP contribution >= 0.6 is 0 Å². The maximum Gasteiger partial charge on any atom is 0.221 e. The van der Waals surface area contributed by atoms with E-state index in [0.29, 0.717) is 0 Å². The highest BCUT2D eigenvalue weighted by atomic mass is 15.1. The van der Waals surface area contributed by atoms with E-state index in [9.17, 15) is 0 Å². The molecule has 0 amide bonds. The molecule has 0 radical (unpaired) electrons. The topological polar surface area (TPSA) is 92.3 Å². The maximum atomic E-state index is 5.58. The summed E-state index contributed by atoms with van der Waals surface area (Å²) < 4.78 is 0. The van der Waals surface area contributed by atoms with E-state index in [-0.39, 0.29) is 5.95 Å². The van der Waals surface area contributed by atoms with Gasteiger partial charge in [0.15, 0.2) is 0 Å². The molecule has 2 heterocycles. The highest BCUT2D eigenvalue weighted by molar-refractivity contribution is 5.93. The zero-order valence-corrected chi connectivity index (χ0v) is 11.3. The summed E-state index contributed by atoms with van der Waals surface area (Å²) in [5.41, 5.74) is 10.4. The number of nitrogens with zero attached hydrogens (tertiary/aromatic N) is 4. The minimum atomic E-state index is 0.265. The molecule has 0 bridgehead atoms. The summed E-state index contributed by atoms with van der Waals surface area (Å²) >= 11 is 0. The van der Waals surface area contributed by atoms with Crippen LogP contribution in [0.25, 0.3) is 22.2 Å². The quantitative estimate of drug-likeness (QED) is 0.697. The number of nitrogens with one attached hydrogen (secondary N) is 1. The molecule has 6 nitrogen and oxygen atoms in total. The molecule has 0 spiro atoms. The molecule has 0 fully saturated rings. The maximum absolute atomic E-state index is 5.58. The lowest BCUT2D eigenvalue weighted by atomic mass is 10.0. The van der Waals surface area contributed by atoms with Crippen molar-refractivity contribution < 1.29 is 0 Å². The molecule has 0 aliphatic heterocycles. The van der Waals surface area contributed by atoms with E-state index in [1.54, 1.807) is 13.2 Å². The summed E-state index contributed by atoms with van der Waals surface area (Å²) in [4.78, 5) is 11.3. The van der Waals surface area contributed by atoms with Crippen molar-refractivity contribution in [2.75, 3.05) is 12.8 Å². The van der Waals surface area contributed by atoms with Gasteiger partial charge in [-0.1, -0.05) is 6.07 Å². The first kappa shape index (κ1) is 12.3. The van der Waals surface area contributed by atoms with Gasteiger partial charge in [0, 0.05) is 30.4 Å². The molecule has 1 aromatic carbocycles. The summed E-state index contributed by atoms with van der Waals surface area (Å²) in [6.45, 7) is 2.01. The van der Waals surface area contributed by atoms with Crippen LogP contribution in [-0.2, 0) is 0 Å². The van der Waals surface area contributed by atoms with Gasteiger partial charge in [0.1, 0.15) is 5.65 Å². The second-order valence-electron chi connectivity index (χ2n) is 4.49. The molecule has 3 aromatic rings. The first-order valence-corrected chi connectivity index (χ1v) is 6.19. The standard InChI is InChI=1S/C14H14N6/c1-8-5-9(3-4-12(8)20-16-2)10-6-17-13-11(10)7-18-14(15)19-13/h3-7H,1-2H3,(H3,15,17,18,19). The van der Waals surface area contributed by atoms with Gasteiger partial charge >= 0.3 is 0 Å². The van der Waals surface area contributed by atoms with Gasteiger partial charge in [-0.2, -0.15) is 15.2 Å². The van der Waals surface area contributed by atoms with E-state index in [4.69, 9.17) is 5.73 Å². The normalized spacial score (nSPS) is 11.5. The molecule has 0 aliphatic carbocycles. The van der Waals surface area contributed by atoms with Crippen molar-refractivity contribution in [3.63, 3.8) is 0 Å². The number of hydrogen-bond acceptors (Lipinski definition) is 5. The van der Waals surface area contributed by atoms with Gasteiger partial charge in [0.25, 0.3) is 0 Å². The Labute approximate surface area is 115 Å². The lowest BCUT2D eigenvalue weighted by molar-refractivity contribution is 1.15. The highest BCUT2D eigenvalue weighted by Crippen LogP contribution is 2.31. The lowest BCUT2D eigenvalue weighted by Gasteiger charge is -2.03. The molecular weight excluding hydrogens is 252 g/mol. The van der Waals surface area contributed by atoms with Crippen LogP contribution in [0.4, 0.5) is 11.6 Å². The van der Waals surface area contributed by atoms with E-state index < -0.39 is 0 Å². The van der Waals surface area contributed by atoms with Gasteiger partial charge in [0.05, 0.1) is 5.69 Å². The van der Waals surface area contributed by atoms with Crippen molar-refractivity contribution in [1.29, 1.82) is 0 Å². The number of nitrogen functional groups attached to an aromatic ring is 1. The number of hydrogen-bond donors (Lipinski definition) is 2. The monoisotopic (exact) mass is 266 g/mol. The van der Waals surface area contributed by atoms with Crippen LogP contribution in [0, 0.1) is 6.92 Å². The molecule has 3 rings (SSSR count). The summed E-state index contributed by atoms with van der Waals surface area (Å²) in [5, 5.41) is 8.83. The van der Waals surface area contributed by atoms with Crippen LogP contribution in [0.1, 0.15) is 5.56 Å². The fourth-order valence-corrected chi connectivity index (χ4v) is 2.20. The Hall–Kier alpha value is -2.76. The molecule has 3 N–H and O–H groups in total. The Kier molecular flexibility index (Phi) is 2.90. The van der Waals surface area contributed by atoms with Gasteiger partial charge in [-0.3, -0.25) is 0 Å². The lowest BCUT2D eigenvalue weighted by Crippen LogP contribution is -1.93.